The molecule has 1 aliphatic rings. The second-order valence-electron chi connectivity index (χ2n) is 5.36. The predicted octanol–water partition coefficient (Wildman–Crippen LogP) is 0.413. The number of carbonyl (C=O) groups excluding carboxylic acids is 1. The van der Waals surface area contributed by atoms with Gasteiger partial charge < -0.3 is 4.74 Å². The first-order valence-electron chi connectivity index (χ1n) is 7.58. The van der Waals surface area contributed by atoms with E-state index in [1.807, 2.05) is 0 Å². The van der Waals surface area contributed by atoms with Crippen LogP contribution in [0, 0.1) is 5.82 Å². The Hall–Kier alpha value is -2.58. The van der Waals surface area contributed by atoms with Gasteiger partial charge >= 0.3 is 0 Å². The van der Waals surface area contributed by atoms with Gasteiger partial charge in [-0.25, -0.2) is 14.1 Å². The first-order valence-corrected chi connectivity index (χ1v) is 7.58. The van der Waals surface area contributed by atoms with Gasteiger partial charge in [0.25, 0.3) is 11.5 Å². The van der Waals surface area contributed by atoms with Crippen molar-refractivity contribution in [2.75, 3.05) is 26.3 Å². The summed E-state index contributed by atoms with van der Waals surface area (Å²) in [6.45, 7) is 2.12. The Kier molecular flexibility index (Phi) is 4.97. The predicted molar refractivity (Wildman–Crippen MR) is 84.4 cm³/mol. The molecule has 126 valence electrons. The first-order chi connectivity index (χ1) is 11.6. The summed E-state index contributed by atoms with van der Waals surface area (Å²) in [4.78, 5) is 24.0. The summed E-state index contributed by atoms with van der Waals surface area (Å²) < 4.78 is 19.3. The van der Waals surface area contributed by atoms with Crippen LogP contribution in [0.25, 0.3) is 11.3 Å². The average Bonchev–Trinajstić information content (AvgIpc) is 2.58. The van der Waals surface area contributed by atoms with Crippen molar-refractivity contribution in [2.24, 2.45) is 0 Å². The molecule has 24 heavy (non-hydrogen) atoms. The maximum absolute atomic E-state index is 13.0. The number of ether oxygens (including phenoxy) is 1. The quantitative estimate of drug-likeness (QED) is 0.878. The molecule has 2 aromatic rings. The number of morpholine rings is 1. The van der Waals surface area contributed by atoms with Crippen LogP contribution >= 0.6 is 0 Å². The highest BCUT2D eigenvalue weighted by atomic mass is 19.1. The fraction of sp³-hybridized carbons (Fsp3) is 0.312. The molecule has 0 radical (unpaired) electrons. The zero-order valence-electron chi connectivity index (χ0n) is 12.9. The first kappa shape index (κ1) is 16.3. The monoisotopic (exact) mass is 332 g/mol. The molecule has 0 atom stereocenters. The molecule has 0 spiro atoms. The summed E-state index contributed by atoms with van der Waals surface area (Å²) in [6.07, 6.45) is 0. The van der Waals surface area contributed by atoms with Gasteiger partial charge in [0.15, 0.2) is 0 Å². The topological polar surface area (TPSA) is 76.5 Å². The minimum Gasteiger partial charge on any atom is -0.379 e. The van der Waals surface area contributed by atoms with Crippen molar-refractivity contribution in [1.82, 2.24) is 20.2 Å². The van der Waals surface area contributed by atoms with Gasteiger partial charge in [0.2, 0.25) is 0 Å². The summed E-state index contributed by atoms with van der Waals surface area (Å²) in [6, 6.07) is 8.66. The third-order valence-electron chi connectivity index (χ3n) is 3.59. The summed E-state index contributed by atoms with van der Waals surface area (Å²) in [5.74, 6) is -0.681. The molecule has 1 aliphatic heterocycles. The second-order valence-corrected chi connectivity index (χ2v) is 5.36. The van der Waals surface area contributed by atoms with Crippen LogP contribution in [0.3, 0.4) is 0 Å². The number of hydrogen-bond acceptors (Lipinski definition) is 5. The fourth-order valence-electron chi connectivity index (χ4n) is 2.36. The van der Waals surface area contributed by atoms with E-state index in [0.29, 0.717) is 37.6 Å². The van der Waals surface area contributed by atoms with Crippen LogP contribution in [-0.4, -0.2) is 47.0 Å². The lowest BCUT2D eigenvalue weighted by Gasteiger charge is -2.26. The van der Waals surface area contributed by atoms with Crippen LogP contribution in [-0.2, 0) is 16.1 Å². The second kappa shape index (κ2) is 7.33. The van der Waals surface area contributed by atoms with E-state index in [0.717, 1.165) is 4.68 Å². The molecular weight excluding hydrogens is 315 g/mol. The molecule has 7 nitrogen and oxygen atoms in total. The molecule has 8 heteroatoms. The van der Waals surface area contributed by atoms with Crippen molar-refractivity contribution in [3.63, 3.8) is 0 Å². The van der Waals surface area contributed by atoms with Gasteiger partial charge in [0.05, 0.1) is 18.9 Å². The number of hydrazine groups is 1. The van der Waals surface area contributed by atoms with Crippen LogP contribution in [0.4, 0.5) is 4.39 Å². The van der Waals surface area contributed by atoms with Crippen LogP contribution in [0.1, 0.15) is 0 Å². The van der Waals surface area contributed by atoms with Crippen LogP contribution in [0.2, 0.25) is 0 Å². The number of benzene rings is 1. The lowest BCUT2D eigenvalue weighted by atomic mass is 10.1. The van der Waals surface area contributed by atoms with Crippen LogP contribution in [0.15, 0.2) is 41.2 Å². The Morgan fingerprint density at radius 3 is 2.58 bits per heavy atom. The number of carbonyl (C=O) groups is 1. The number of hydrogen-bond donors (Lipinski definition) is 1. The van der Waals surface area contributed by atoms with Crippen molar-refractivity contribution >= 4 is 5.91 Å². The molecule has 0 bridgehead atoms. The summed E-state index contributed by atoms with van der Waals surface area (Å²) in [7, 11) is 0. The number of nitrogens with zero attached hydrogens (tertiary/aromatic N) is 3. The van der Waals surface area contributed by atoms with Gasteiger partial charge in [-0.1, -0.05) is 0 Å². The minimum absolute atomic E-state index is 0.189. The highest BCUT2D eigenvalue weighted by Crippen LogP contribution is 2.15. The van der Waals surface area contributed by atoms with Gasteiger partial charge in [-0.3, -0.25) is 15.0 Å². The largest absolute Gasteiger partial charge is 0.379 e. The van der Waals surface area contributed by atoms with Gasteiger partial charge in [-0.05, 0) is 30.3 Å². The Morgan fingerprint density at radius 2 is 1.88 bits per heavy atom. The van der Waals surface area contributed by atoms with E-state index >= 15 is 0 Å². The summed E-state index contributed by atoms with van der Waals surface area (Å²) in [5.41, 5.74) is 3.51. The Bertz CT molecular complexity index is 770. The lowest BCUT2D eigenvalue weighted by Crippen LogP contribution is -2.49. The number of rotatable bonds is 4. The van der Waals surface area contributed by atoms with Crippen LogP contribution in [0.5, 0.6) is 0 Å². The highest BCUT2D eigenvalue weighted by molar-refractivity contribution is 5.75. The molecule has 1 aromatic carbocycles. The van der Waals surface area contributed by atoms with E-state index in [9.17, 15) is 14.0 Å². The van der Waals surface area contributed by atoms with Gasteiger partial charge in [0, 0.05) is 24.7 Å². The minimum atomic E-state index is -0.377. The number of nitrogens with one attached hydrogen (secondary N) is 1. The molecule has 1 fully saturated rings. The molecule has 1 amide bonds. The Labute approximate surface area is 137 Å². The van der Waals surface area contributed by atoms with Crippen molar-refractivity contribution < 1.29 is 13.9 Å². The number of halogens is 1. The van der Waals surface area contributed by atoms with E-state index in [1.165, 1.54) is 18.2 Å². The number of amides is 1. The zero-order valence-corrected chi connectivity index (χ0v) is 12.9. The molecule has 1 N–H and O–H groups in total. The Morgan fingerprint density at radius 1 is 1.17 bits per heavy atom. The third kappa shape index (κ3) is 4.03. The summed E-state index contributed by atoms with van der Waals surface area (Å²) in [5, 5.41) is 5.93. The molecule has 0 aliphatic carbocycles. The fourth-order valence-corrected chi connectivity index (χ4v) is 2.36. The van der Waals surface area contributed by atoms with E-state index in [1.54, 1.807) is 23.2 Å². The maximum Gasteiger partial charge on any atom is 0.267 e. The van der Waals surface area contributed by atoms with E-state index in [2.05, 4.69) is 10.5 Å². The van der Waals surface area contributed by atoms with Crippen molar-refractivity contribution in [3.8, 4) is 11.3 Å². The Balaban J connectivity index is 1.72. The number of aromatic nitrogens is 2. The SMILES string of the molecule is O=C(Cn1nc(-c2ccc(F)cc2)ccc1=O)NN1CCOCC1. The molecular formula is C16H17FN4O3. The average molecular weight is 332 g/mol. The van der Waals surface area contributed by atoms with Crippen molar-refractivity contribution in [1.29, 1.82) is 0 Å². The van der Waals surface area contributed by atoms with Gasteiger partial charge in [0.1, 0.15) is 12.4 Å². The maximum atomic E-state index is 13.0. The normalized spacial score (nSPS) is 15.2. The molecule has 0 unspecified atom stereocenters. The lowest BCUT2D eigenvalue weighted by molar-refractivity contribution is -0.128. The van der Waals surface area contributed by atoms with Crippen molar-refractivity contribution in [2.45, 2.75) is 6.54 Å². The zero-order chi connectivity index (χ0) is 16.9. The molecule has 1 aromatic heterocycles. The van der Waals surface area contributed by atoms with E-state index in [4.69, 9.17) is 4.74 Å². The van der Waals surface area contributed by atoms with Crippen LogP contribution < -0.4 is 11.0 Å². The summed E-state index contributed by atoms with van der Waals surface area (Å²) >= 11 is 0. The molecule has 2 heterocycles. The van der Waals surface area contributed by atoms with E-state index in [-0.39, 0.29) is 23.8 Å². The van der Waals surface area contributed by atoms with Gasteiger partial charge in [-0.15, -0.1) is 0 Å². The molecule has 3 rings (SSSR count). The molecule has 1 saturated heterocycles. The molecule has 0 saturated carbocycles. The standard InChI is InChI=1S/C16H17FN4O3/c17-13-3-1-12(2-4-13)14-5-6-16(23)21(18-14)11-15(22)19-20-7-9-24-10-8-20/h1-6H,7-11H2,(H,19,22). The van der Waals surface area contributed by atoms with E-state index < -0.39 is 0 Å². The van der Waals surface area contributed by atoms with Gasteiger partial charge in [-0.2, -0.15) is 5.10 Å². The smallest absolute Gasteiger partial charge is 0.267 e. The third-order valence-corrected chi connectivity index (χ3v) is 3.59. The highest BCUT2D eigenvalue weighted by Gasteiger charge is 2.14. The van der Waals surface area contributed by atoms with Crippen molar-refractivity contribution in [3.05, 3.63) is 52.6 Å².